The van der Waals surface area contributed by atoms with Crippen LogP contribution in [0.25, 0.3) is 6.08 Å². The molecule has 1 aliphatic carbocycles. The van der Waals surface area contributed by atoms with Crippen LogP contribution in [-0.4, -0.2) is 25.8 Å². The number of carbonyl (C=O) groups is 1. The van der Waals surface area contributed by atoms with E-state index in [9.17, 15) is 4.79 Å². The average molecular weight is 344 g/mol. The highest BCUT2D eigenvalue weighted by molar-refractivity contribution is 5.67. The maximum atomic E-state index is 11.4. The molecule has 138 valence electrons. The van der Waals surface area contributed by atoms with E-state index in [1.165, 1.54) is 37.8 Å². The Bertz CT molecular complexity index is 536. The van der Waals surface area contributed by atoms with Gasteiger partial charge < -0.3 is 15.4 Å². The first-order chi connectivity index (χ1) is 12.3. The third-order valence-electron chi connectivity index (χ3n) is 4.61. The number of carbonyl (C=O) groups excluding carboxylic acids is 1. The standard InChI is InChI=1S/C21H32N2O2/c1-2-3-15-25-21(24)22-14-8-12-18-11-7-13-20(16-18)23-17-19-9-5-4-6-10-19/h7-8,11-13,16,19,23H,2-6,9-10,14-15,17H2,1H3,(H,22,24). The Kier molecular flexibility index (Phi) is 8.95. The van der Waals surface area contributed by atoms with Crippen LogP contribution in [0.2, 0.25) is 0 Å². The molecule has 0 bridgehead atoms. The highest BCUT2D eigenvalue weighted by atomic mass is 16.5. The van der Waals surface area contributed by atoms with Crippen molar-refractivity contribution in [2.24, 2.45) is 5.92 Å². The van der Waals surface area contributed by atoms with Crippen LogP contribution in [0, 0.1) is 5.92 Å². The summed E-state index contributed by atoms with van der Waals surface area (Å²) >= 11 is 0. The average Bonchev–Trinajstić information content (AvgIpc) is 2.65. The molecule has 1 saturated carbocycles. The topological polar surface area (TPSA) is 50.4 Å². The molecule has 0 saturated heterocycles. The zero-order valence-corrected chi connectivity index (χ0v) is 15.4. The molecule has 0 heterocycles. The fraction of sp³-hybridized carbons (Fsp3) is 0.571. The van der Waals surface area contributed by atoms with Crippen LogP contribution in [0.4, 0.5) is 10.5 Å². The molecular weight excluding hydrogens is 312 g/mol. The van der Waals surface area contributed by atoms with Gasteiger partial charge in [-0.2, -0.15) is 0 Å². The third-order valence-corrected chi connectivity index (χ3v) is 4.61. The molecule has 0 radical (unpaired) electrons. The number of ether oxygens (including phenoxy) is 1. The van der Waals surface area contributed by atoms with E-state index >= 15 is 0 Å². The van der Waals surface area contributed by atoms with Gasteiger partial charge in [0.2, 0.25) is 0 Å². The zero-order chi connectivity index (χ0) is 17.7. The lowest BCUT2D eigenvalue weighted by molar-refractivity contribution is 0.145. The number of rotatable bonds is 9. The quantitative estimate of drug-likeness (QED) is 0.604. The SMILES string of the molecule is CCCCOC(=O)NCC=Cc1cccc(NCC2CCCCC2)c1. The van der Waals surface area contributed by atoms with Gasteiger partial charge in [0.25, 0.3) is 0 Å². The van der Waals surface area contributed by atoms with E-state index in [0.717, 1.165) is 30.9 Å². The van der Waals surface area contributed by atoms with Crippen LogP contribution < -0.4 is 10.6 Å². The van der Waals surface area contributed by atoms with Gasteiger partial charge in [-0.3, -0.25) is 0 Å². The lowest BCUT2D eigenvalue weighted by Gasteiger charge is -2.22. The Labute approximate surface area is 152 Å². The van der Waals surface area contributed by atoms with Crippen molar-refractivity contribution in [3.05, 3.63) is 35.9 Å². The summed E-state index contributed by atoms with van der Waals surface area (Å²) in [6, 6.07) is 8.40. The van der Waals surface area contributed by atoms with Gasteiger partial charge in [0.05, 0.1) is 6.61 Å². The summed E-state index contributed by atoms with van der Waals surface area (Å²) < 4.78 is 5.05. The normalized spacial score (nSPS) is 15.2. The van der Waals surface area contributed by atoms with Crippen molar-refractivity contribution in [1.29, 1.82) is 0 Å². The largest absolute Gasteiger partial charge is 0.450 e. The summed E-state index contributed by atoms with van der Waals surface area (Å²) in [6.45, 7) is 4.10. The van der Waals surface area contributed by atoms with Gasteiger partial charge in [0, 0.05) is 18.8 Å². The third kappa shape index (κ3) is 8.10. The summed E-state index contributed by atoms with van der Waals surface area (Å²) in [5.74, 6) is 0.816. The van der Waals surface area contributed by atoms with Crippen LogP contribution in [-0.2, 0) is 4.74 Å². The Balaban J connectivity index is 1.69. The molecule has 0 unspecified atom stereocenters. The van der Waals surface area contributed by atoms with Gasteiger partial charge in [-0.05, 0) is 42.9 Å². The number of unbranched alkanes of at least 4 members (excludes halogenated alkanes) is 1. The van der Waals surface area contributed by atoms with Gasteiger partial charge in [-0.15, -0.1) is 0 Å². The van der Waals surface area contributed by atoms with Crippen molar-refractivity contribution in [1.82, 2.24) is 5.32 Å². The van der Waals surface area contributed by atoms with Crippen molar-refractivity contribution >= 4 is 17.9 Å². The van der Waals surface area contributed by atoms with Crippen molar-refractivity contribution in [3.8, 4) is 0 Å². The molecule has 0 atom stereocenters. The highest BCUT2D eigenvalue weighted by Gasteiger charge is 2.12. The molecule has 1 aromatic rings. The second-order valence-electron chi connectivity index (χ2n) is 6.78. The maximum Gasteiger partial charge on any atom is 0.407 e. The van der Waals surface area contributed by atoms with Crippen LogP contribution >= 0.6 is 0 Å². The molecule has 1 amide bonds. The Hall–Kier alpha value is -1.97. The van der Waals surface area contributed by atoms with Crippen molar-refractivity contribution in [2.45, 2.75) is 51.9 Å². The number of amides is 1. The molecular formula is C21H32N2O2. The maximum absolute atomic E-state index is 11.4. The molecule has 2 rings (SSSR count). The zero-order valence-electron chi connectivity index (χ0n) is 15.4. The second-order valence-corrected chi connectivity index (χ2v) is 6.78. The Morgan fingerprint density at radius 3 is 2.92 bits per heavy atom. The number of benzene rings is 1. The summed E-state index contributed by atoms with van der Waals surface area (Å²) in [7, 11) is 0. The molecule has 0 spiro atoms. The number of hydrogen-bond acceptors (Lipinski definition) is 3. The summed E-state index contributed by atoms with van der Waals surface area (Å²) in [5.41, 5.74) is 2.30. The van der Waals surface area contributed by atoms with Gasteiger partial charge in [-0.25, -0.2) is 4.79 Å². The summed E-state index contributed by atoms with van der Waals surface area (Å²) in [6.07, 6.45) is 12.4. The Morgan fingerprint density at radius 1 is 1.28 bits per heavy atom. The van der Waals surface area contributed by atoms with Crippen LogP contribution in [0.5, 0.6) is 0 Å². The predicted molar refractivity (Wildman–Crippen MR) is 105 cm³/mol. The monoisotopic (exact) mass is 344 g/mol. The Morgan fingerprint density at radius 2 is 2.12 bits per heavy atom. The van der Waals surface area contributed by atoms with Crippen molar-refractivity contribution < 1.29 is 9.53 Å². The summed E-state index contributed by atoms with van der Waals surface area (Å²) in [5, 5.41) is 6.30. The van der Waals surface area contributed by atoms with E-state index in [1.54, 1.807) is 0 Å². The van der Waals surface area contributed by atoms with Gasteiger partial charge in [0.1, 0.15) is 0 Å². The minimum absolute atomic E-state index is 0.346. The fourth-order valence-corrected chi connectivity index (χ4v) is 3.10. The molecule has 1 fully saturated rings. The molecule has 1 aromatic carbocycles. The first kappa shape index (κ1) is 19.4. The van der Waals surface area contributed by atoms with E-state index in [4.69, 9.17) is 4.74 Å². The van der Waals surface area contributed by atoms with E-state index in [0.29, 0.717) is 13.2 Å². The molecule has 1 aliphatic rings. The van der Waals surface area contributed by atoms with Crippen LogP contribution in [0.15, 0.2) is 30.3 Å². The first-order valence-corrected chi connectivity index (χ1v) is 9.69. The summed E-state index contributed by atoms with van der Waals surface area (Å²) in [4.78, 5) is 11.4. The van der Waals surface area contributed by atoms with E-state index in [1.807, 2.05) is 12.2 Å². The van der Waals surface area contributed by atoms with E-state index in [2.05, 4.69) is 41.8 Å². The molecule has 0 aromatic heterocycles. The van der Waals surface area contributed by atoms with E-state index < -0.39 is 0 Å². The van der Waals surface area contributed by atoms with Gasteiger partial charge in [0.15, 0.2) is 0 Å². The molecule has 0 aliphatic heterocycles. The molecule has 25 heavy (non-hydrogen) atoms. The predicted octanol–water partition coefficient (Wildman–Crippen LogP) is 5.22. The molecule has 2 N–H and O–H groups in total. The van der Waals surface area contributed by atoms with Crippen LogP contribution in [0.1, 0.15) is 57.4 Å². The molecule has 4 nitrogen and oxygen atoms in total. The van der Waals surface area contributed by atoms with Gasteiger partial charge in [-0.1, -0.05) is 56.9 Å². The highest BCUT2D eigenvalue weighted by Crippen LogP contribution is 2.24. The number of hydrogen-bond donors (Lipinski definition) is 2. The molecule has 4 heteroatoms. The minimum atomic E-state index is -0.346. The number of alkyl carbamates (subject to hydrolysis) is 1. The number of anilines is 1. The van der Waals surface area contributed by atoms with E-state index in [-0.39, 0.29) is 6.09 Å². The smallest absolute Gasteiger partial charge is 0.407 e. The van der Waals surface area contributed by atoms with Gasteiger partial charge >= 0.3 is 6.09 Å². The van der Waals surface area contributed by atoms with Crippen molar-refractivity contribution in [3.63, 3.8) is 0 Å². The number of nitrogens with one attached hydrogen (secondary N) is 2. The lowest BCUT2D eigenvalue weighted by atomic mass is 9.89. The minimum Gasteiger partial charge on any atom is -0.450 e. The second kappa shape index (κ2) is 11.6. The van der Waals surface area contributed by atoms with Crippen LogP contribution in [0.3, 0.4) is 0 Å². The lowest BCUT2D eigenvalue weighted by Crippen LogP contribution is -2.24. The van der Waals surface area contributed by atoms with Crippen molar-refractivity contribution in [2.75, 3.05) is 25.0 Å². The fourth-order valence-electron chi connectivity index (χ4n) is 3.10. The first-order valence-electron chi connectivity index (χ1n) is 9.69.